The van der Waals surface area contributed by atoms with Crippen LogP contribution in [0.5, 0.6) is 5.75 Å². The van der Waals surface area contributed by atoms with Crippen LogP contribution in [-0.4, -0.2) is 28.1 Å². The molecule has 0 aromatic heterocycles. The van der Waals surface area contributed by atoms with Crippen LogP contribution in [0, 0.1) is 0 Å². The zero-order valence-corrected chi connectivity index (χ0v) is 19.2. The fourth-order valence-corrected chi connectivity index (χ4v) is 5.95. The molecule has 0 saturated heterocycles. The van der Waals surface area contributed by atoms with Crippen LogP contribution in [0.2, 0.25) is 0 Å². The first-order valence-corrected chi connectivity index (χ1v) is 12.2. The minimum atomic E-state index is -1.12. The zero-order valence-electron chi connectivity index (χ0n) is 18.3. The molecule has 0 aliphatic heterocycles. The van der Waals surface area contributed by atoms with Crippen molar-refractivity contribution in [2.24, 2.45) is 0 Å². The highest BCUT2D eigenvalue weighted by Crippen LogP contribution is 2.32. The molecule has 5 nitrogen and oxygen atoms in total. The van der Waals surface area contributed by atoms with E-state index in [2.05, 4.69) is 29.6 Å². The van der Waals surface area contributed by atoms with Crippen LogP contribution in [0.25, 0.3) is 0 Å². The lowest BCUT2D eigenvalue weighted by Gasteiger charge is -2.20. The van der Waals surface area contributed by atoms with Gasteiger partial charge in [-0.2, -0.15) is 0 Å². The Bertz CT molecular complexity index is 1200. The molecule has 6 heteroatoms. The Kier molecular flexibility index (Phi) is 7.36. The van der Waals surface area contributed by atoms with E-state index in [1.54, 1.807) is 24.3 Å². The van der Waals surface area contributed by atoms with Crippen molar-refractivity contribution in [3.63, 3.8) is 0 Å². The van der Waals surface area contributed by atoms with E-state index in [0.29, 0.717) is 11.1 Å². The molecule has 3 N–H and O–H groups in total. The first kappa shape index (κ1) is 23.2. The monoisotopic (exact) mass is 469 g/mol. The van der Waals surface area contributed by atoms with Gasteiger partial charge in [-0.15, -0.1) is 0 Å². The highest BCUT2D eigenvalue weighted by molar-refractivity contribution is 7.79. The van der Waals surface area contributed by atoms with E-state index in [9.17, 15) is 19.8 Å². The number of aromatic hydroxyl groups is 1. The number of carbonyl (C=O) groups is 2. The van der Waals surface area contributed by atoms with Crippen LogP contribution in [0.15, 0.2) is 109 Å². The van der Waals surface area contributed by atoms with Crippen LogP contribution >= 0.6 is 7.92 Å². The van der Waals surface area contributed by atoms with Gasteiger partial charge in [-0.1, -0.05) is 84.9 Å². The summed E-state index contributed by atoms with van der Waals surface area (Å²) in [4.78, 5) is 24.5. The molecule has 4 aromatic rings. The van der Waals surface area contributed by atoms with E-state index in [0.717, 1.165) is 5.30 Å². The molecule has 0 saturated carbocycles. The molecule has 34 heavy (non-hydrogen) atoms. The fourth-order valence-electron chi connectivity index (χ4n) is 3.67. The Morgan fingerprint density at radius 3 is 1.71 bits per heavy atom. The number of hydrogen-bond acceptors (Lipinski definition) is 3. The van der Waals surface area contributed by atoms with Crippen LogP contribution in [-0.2, 0) is 11.2 Å². The average molecular weight is 469 g/mol. The van der Waals surface area contributed by atoms with Crippen LogP contribution in [0.4, 0.5) is 0 Å². The summed E-state index contributed by atoms with van der Waals surface area (Å²) in [5.74, 6) is -1.46. The SMILES string of the molecule is O=C(N[C@@H](Cc1ccc(O)cc1)C(=O)O)c1ccc(P(c2ccccc2)c2ccccc2)cc1. The molecule has 170 valence electrons. The van der Waals surface area contributed by atoms with Crippen molar-refractivity contribution in [1.29, 1.82) is 0 Å². The number of phenols is 1. The van der Waals surface area contributed by atoms with Gasteiger partial charge in [-0.25, -0.2) is 4.79 Å². The van der Waals surface area contributed by atoms with Crippen LogP contribution in [0.3, 0.4) is 0 Å². The number of hydrogen-bond donors (Lipinski definition) is 3. The Labute approximate surface area is 199 Å². The van der Waals surface area contributed by atoms with Crippen LogP contribution in [0.1, 0.15) is 15.9 Å². The van der Waals surface area contributed by atoms with Crippen molar-refractivity contribution in [3.8, 4) is 5.75 Å². The Morgan fingerprint density at radius 2 is 1.21 bits per heavy atom. The summed E-state index contributed by atoms with van der Waals surface area (Å²) in [5.41, 5.74) is 1.11. The standard InChI is InChI=1S/C28H24NO4P/c30-22-15-11-20(12-16-22)19-26(28(32)33)29-27(31)21-13-17-25(18-14-21)34(23-7-3-1-4-8-23)24-9-5-2-6-10-24/h1-18,26,30H,19H2,(H,29,31)(H,32,33)/t26-/m0/s1. The normalized spacial score (nSPS) is 11.7. The largest absolute Gasteiger partial charge is 0.508 e. The van der Waals surface area contributed by atoms with E-state index >= 15 is 0 Å². The summed E-state index contributed by atoms with van der Waals surface area (Å²) in [6.45, 7) is 0. The number of amides is 1. The Hall–Kier alpha value is -3.95. The molecule has 1 amide bonds. The van der Waals surface area contributed by atoms with E-state index in [1.807, 2.05) is 48.5 Å². The molecular formula is C28H24NO4P. The van der Waals surface area contributed by atoms with E-state index < -0.39 is 25.8 Å². The molecule has 0 aliphatic rings. The van der Waals surface area contributed by atoms with Gasteiger partial charge in [0, 0.05) is 12.0 Å². The lowest BCUT2D eigenvalue weighted by Crippen LogP contribution is -2.42. The predicted octanol–water partition coefficient (Wildman–Crippen LogP) is 3.58. The van der Waals surface area contributed by atoms with Crippen molar-refractivity contribution < 1.29 is 19.8 Å². The minimum Gasteiger partial charge on any atom is -0.508 e. The summed E-state index contributed by atoms with van der Waals surface area (Å²) < 4.78 is 0. The third-order valence-electron chi connectivity index (χ3n) is 5.40. The summed E-state index contributed by atoms with van der Waals surface area (Å²) in [7, 11) is -0.787. The van der Waals surface area contributed by atoms with Crippen molar-refractivity contribution in [2.45, 2.75) is 12.5 Å². The third-order valence-corrected chi connectivity index (χ3v) is 7.84. The van der Waals surface area contributed by atoms with Gasteiger partial charge in [0.05, 0.1) is 0 Å². The molecule has 0 radical (unpaired) electrons. The molecule has 1 atom stereocenters. The summed E-state index contributed by atoms with van der Waals surface area (Å²) in [6, 6.07) is 33.1. The van der Waals surface area contributed by atoms with Gasteiger partial charge in [0.25, 0.3) is 5.91 Å². The first-order chi connectivity index (χ1) is 16.5. The second kappa shape index (κ2) is 10.8. The Balaban J connectivity index is 1.53. The molecule has 4 aromatic carbocycles. The predicted molar refractivity (Wildman–Crippen MR) is 136 cm³/mol. The maximum Gasteiger partial charge on any atom is 0.326 e. The van der Waals surface area contributed by atoms with Gasteiger partial charge in [0.15, 0.2) is 0 Å². The lowest BCUT2D eigenvalue weighted by molar-refractivity contribution is -0.139. The highest BCUT2D eigenvalue weighted by Gasteiger charge is 2.22. The lowest BCUT2D eigenvalue weighted by atomic mass is 10.1. The van der Waals surface area contributed by atoms with Crippen LogP contribution < -0.4 is 21.2 Å². The maximum atomic E-state index is 12.8. The Morgan fingerprint density at radius 1 is 0.706 bits per heavy atom. The molecule has 0 bridgehead atoms. The molecule has 0 fully saturated rings. The van der Waals surface area contributed by atoms with Gasteiger partial charge in [-0.05, 0) is 53.7 Å². The third kappa shape index (κ3) is 5.69. The molecule has 0 aliphatic carbocycles. The van der Waals surface area contributed by atoms with Gasteiger partial charge in [0.1, 0.15) is 11.8 Å². The average Bonchev–Trinajstić information content (AvgIpc) is 2.87. The van der Waals surface area contributed by atoms with Crippen molar-refractivity contribution >= 4 is 35.7 Å². The number of nitrogens with one attached hydrogen (secondary N) is 1. The second-order valence-corrected chi connectivity index (χ2v) is 10.0. The van der Waals surface area contributed by atoms with Gasteiger partial charge < -0.3 is 15.5 Å². The number of rotatable bonds is 8. The van der Waals surface area contributed by atoms with Gasteiger partial charge >= 0.3 is 5.97 Å². The van der Waals surface area contributed by atoms with Gasteiger partial charge in [-0.3, -0.25) is 4.79 Å². The van der Waals surface area contributed by atoms with Crippen molar-refractivity contribution in [2.75, 3.05) is 0 Å². The molecule has 0 unspecified atom stereocenters. The zero-order chi connectivity index (χ0) is 23.9. The summed E-state index contributed by atoms with van der Waals surface area (Å²) in [5, 5.41) is 25.1. The molecule has 0 heterocycles. The molecule has 0 spiro atoms. The van der Waals surface area contributed by atoms with Gasteiger partial charge in [0.2, 0.25) is 0 Å². The number of carboxylic acid groups (broad SMARTS) is 1. The number of benzene rings is 4. The van der Waals surface area contributed by atoms with E-state index in [1.165, 1.54) is 22.7 Å². The maximum absolute atomic E-state index is 12.8. The van der Waals surface area contributed by atoms with E-state index in [-0.39, 0.29) is 12.2 Å². The number of carboxylic acids is 1. The highest BCUT2D eigenvalue weighted by atomic mass is 31.1. The van der Waals surface area contributed by atoms with Crippen molar-refractivity contribution in [3.05, 3.63) is 120 Å². The molecule has 4 rings (SSSR count). The first-order valence-electron chi connectivity index (χ1n) is 10.8. The number of aliphatic carboxylic acids is 1. The van der Waals surface area contributed by atoms with E-state index in [4.69, 9.17) is 0 Å². The minimum absolute atomic E-state index is 0.103. The van der Waals surface area contributed by atoms with Crippen molar-refractivity contribution in [1.82, 2.24) is 5.32 Å². The number of carbonyl (C=O) groups excluding carboxylic acids is 1. The summed E-state index contributed by atoms with van der Waals surface area (Å²) >= 11 is 0. The number of phenolic OH excluding ortho intramolecular Hbond substituents is 1. The quantitative estimate of drug-likeness (QED) is 0.345. The molecular weight excluding hydrogens is 445 g/mol. The second-order valence-electron chi connectivity index (χ2n) is 7.79. The summed E-state index contributed by atoms with van der Waals surface area (Å²) in [6.07, 6.45) is 0.118. The fraction of sp³-hybridized carbons (Fsp3) is 0.0714. The topological polar surface area (TPSA) is 86.6 Å². The smallest absolute Gasteiger partial charge is 0.326 e.